The average Bonchev–Trinajstić information content (AvgIpc) is 3.10. The third kappa shape index (κ3) is 5.37. The van der Waals surface area contributed by atoms with E-state index in [1.807, 2.05) is 12.1 Å². The highest BCUT2D eigenvalue weighted by atomic mass is 35.5. The Balaban J connectivity index is 1.72. The molecular formula is C21H19Cl2N3O3S. The number of methoxy groups -OCH3 is 1. The Morgan fingerprint density at radius 1 is 1.10 bits per heavy atom. The summed E-state index contributed by atoms with van der Waals surface area (Å²) in [6, 6.07) is 12.0. The van der Waals surface area contributed by atoms with Gasteiger partial charge in [0.05, 0.1) is 22.9 Å². The van der Waals surface area contributed by atoms with Crippen molar-refractivity contribution >= 4 is 52.0 Å². The molecule has 0 aliphatic carbocycles. The Hall–Kier alpha value is -2.45. The Kier molecular flexibility index (Phi) is 7.44. The van der Waals surface area contributed by atoms with Crippen LogP contribution in [0.1, 0.15) is 25.7 Å². The minimum atomic E-state index is -0.305. The molecule has 3 aromatic rings. The van der Waals surface area contributed by atoms with Crippen LogP contribution in [0.15, 0.2) is 42.5 Å². The molecule has 9 heteroatoms. The highest BCUT2D eigenvalue weighted by Crippen LogP contribution is 2.30. The topological polar surface area (TPSA) is 80.3 Å². The van der Waals surface area contributed by atoms with Gasteiger partial charge in [-0.1, -0.05) is 35.3 Å². The SMILES string of the molecule is COCCNC(=O)c1ccc(NC(=O)c2sc(-c3ccc(Cl)cc3)nc2C)cc1Cl. The van der Waals surface area contributed by atoms with Crippen LogP contribution in [0.3, 0.4) is 0 Å². The van der Waals surface area contributed by atoms with Crippen molar-refractivity contribution in [3.05, 3.63) is 68.6 Å². The largest absolute Gasteiger partial charge is 0.383 e. The van der Waals surface area contributed by atoms with Crippen molar-refractivity contribution in [3.8, 4) is 10.6 Å². The molecule has 0 spiro atoms. The van der Waals surface area contributed by atoms with E-state index in [2.05, 4.69) is 15.6 Å². The van der Waals surface area contributed by atoms with Crippen LogP contribution >= 0.6 is 34.5 Å². The summed E-state index contributed by atoms with van der Waals surface area (Å²) in [5, 5.41) is 7.12. The van der Waals surface area contributed by atoms with Gasteiger partial charge in [-0.3, -0.25) is 9.59 Å². The van der Waals surface area contributed by atoms with Crippen molar-refractivity contribution < 1.29 is 14.3 Å². The molecule has 0 radical (unpaired) electrons. The lowest BCUT2D eigenvalue weighted by Gasteiger charge is -2.09. The molecule has 2 N–H and O–H groups in total. The summed E-state index contributed by atoms with van der Waals surface area (Å²) in [6.45, 7) is 2.57. The molecule has 3 rings (SSSR count). The van der Waals surface area contributed by atoms with Gasteiger partial charge in [-0.15, -0.1) is 11.3 Å². The molecule has 1 aromatic heterocycles. The molecule has 0 aliphatic rings. The zero-order valence-corrected chi connectivity index (χ0v) is 18.6. The average molecular weight is 464 g/mol. The van der Waals surface area contributed by atoms with Crippen molar-refractivity contribution in [1.82, 2.24) is 10.3 Å². The maximum atomic E-state index is 12.7. The zero-order chi connectivity index (χ0) is 21.7. The second kappa shape index (κ2) is 10.0. The Morgan fingerprint density at radius 2 is 1.83 bits per heavy atom. The molecule has 6 nitrogen and oxygen atoms in total. The van der Waals surface area contributed by atoms with Crippen LogP contribution in [-0.4, -0.2) is 37.1 Å². The zero-order valence-electron chi connectivity index (χ0n) is 16.3. The number of aromatic nitrogens is 1. The van der Waals surface area contributed by atoms with Gasteiger partial charge in [0, 0.05) is 29.9 Å². The number of nitrogens with one attached hydrogen (secondary N) is 2. The van der Waals surface area contributed by atoms with Gasteiger partial charge in [-0.05, 0) is 37.3 Å². The van der Waals surface area contributed by atoms with Gasteiger partial charge in [0.1, 0.15) is 9.88 Å². The number of anilines is 1. The third-order valence-corrected chi connectivity index (χ3v) is 5.93. The van der Waals surface area contributed by atoms with E-state index in [1.54, 1.807) is 44.4 Å². The van der Waals surface area contributed by atoms with Gasteiger partial charge >= 0.3 is 0 Å². The lowest BCUT2D eigenvalue weighted by molar-refractivity contribution is 0.0937. The van der Waals surface area contributed by atoms with Crippen LogP contribution in [0.4, 0.5) is 5.69 Å². The van der Waals surface area contributed by atoms with E-state index in [0.29, 0.717) is 40.0 Å². The van der Waals surface area contributed by atoms with Gasteiger partial charge in [-0.25, -0.2) is 4.98 Å². The molecule has 2 amide bonds. The molecule has 0 bridgehead atoms. The molecule has 30 heavy (non-hydrogen) atoms. The summed E-state index contributed by atoms with van der Waals surface area (Å²) in [5.74, 6) is -0.598. The predicted octanol–water partition coefficient (Wildman–Crippen LogP) is 5.05. The van der Waals surface area contributed by atoms with Crippen molar-refractivity contribution in [2.45, 2.75) is 6.92 Å². The third-order valence-electron chi connectivity index (χ3n) is 4.16. The van der Waals surface area contributed by atoms with Crippen LogP contribution in [-0.2, 0) is 4.74 Å². The van der Waals surface area contributed by atoms with E-state index in [9.17, 15) is 9.59 Å². The number of hydrogen-bond acceptors (Lipinski definition) is 5. The van der Waals surface area contributed by atoms with Crippen molar-refractivity contribution in [2.24, 2.45) is 0 Å². The Bertz CT molecular complexity index is 1070. The number of amides is 2. The van der Waals surface area contributed by atoms with Gasteiger partial charge in [-0.2, -0.15) is 0 Å². The molecule has 0 unspecified atom stereocenters. The molecule has 0 saturated carbocycles. The molecule has 0 fully saturated rings. The summed E-state index contributed by atoms with van der Waals surface area (Å²) >= 11 is 13.5. The molecule has 0 atom stereocenters. The first-order chi connectivity index (χ1) is 14.4. The van der Waals surface area contributed by atoms with Gasteiger partial charge in [0.25, 0.3) is 11.8 Å². The minimum Gasteiger partial charge on any atom is -0.383 e. The van der Waals surface area contributed by atoms with Crippen LogP contribution in [0.5, 0.6) is 0 Å². The maximum absolute atomic E-state index is 12.7. The number of rotatable bonds is 7. The van der Waals surface area contributed by atoms with Crippen molar-refractivity contribution in [3.63, 3.8) is 0 Å². The first-order valence-corrected chi connectivity index (χ1v) is 10.6. The number of thiazole rings is 1. The number of carbonyl (C=O) groups is 2. The second-order valence-electron chi connectivity index (χ2n) is 6.34. The summed E-state index contributed by atoms with van der Waals surface area (Å²) in [7, 11) is 1.56. The number of hydrogen-bond donors (Lipinski definition) is 2. The van der Waals surface area contributed by atoms with Gasteiger partial charge in [0.2, 0.25) is 0 Å². The maximum Gasteiger partial charge on any atom is 0.267 e. The van der Waals surface area contributed by atoms with Crippen LogP contribution in [0.25, 0.3) is 10.6 Å². The van der Waals surface area contributed by atoms with Crippen LogP contribution in [0, 0.1) is 6.92 Å². The summed E-state index contributed by atoms with van der Waals surface area (Å²) in [6.07, 6.45) is 0. The first-order valence-electron chi connectivity index (χ1n) is 9.00. The second-order valence-corrected chi connectivity index (χ2v) is 8.18. The number of benzene rings is 2. The normalized spacial score (nSPS) is 10.7. The van der Waals surface area contributed by atoms with E-state index in [-0.39, 0.29) is 16.8 Å². The molecule has 1 heterocycles. The standard InChI is InChI=1S/C21H19Cl2N3O3S/c1-12-18(30-21(25-12)13-3-5-14(22)6-4-13)20(28)26-15-7-8-16(17(23)11-15)19(27)24-9-10-29-2/h3-8,11H,9-10H2,1-2H3,(H,24,27)(H,26,28). The fraction of sp³-hybridized carbons (Fsp3) is 0.190. The van der Waals surface area contributed by atoms with Crippen molar-refractivity contribution in [2.75, 3.05) is 25.6 Å². The lowest BCUT2D eigenvalue weighted by atomic mass is 10.2. The van der Waals surface area contributed by atoms with E-state index < -0.39 is 0 Å². The van der Waals surface area contributed by atoms with Crippen LogP contribution < -0.4 is 10.6 Å². The molecule has 2 aromatic carbocycles. The number of nitrogens with zero attached hydrogens (tertiary/aromatic N) is 1. The van der Waals surface area contributed by atoms with Gasteiger partial charge in [0.15, 0.2) is 0 Å². The minimum absolute atomic E-state index is 0.241. The van der Waals surface area contributed by atoms with E-state index in [4.69, 9.17) is 27.9 Å². The quantitative estimate of drug-likeness (QED) is 0.480. The number of ether oxygens (including phenoxy) is 1. The Labute approximate surface area is 188 Å². The van der Waals surface area contributed by atoms with E-state index >= 15 is 0 Å². The highest BCUT2D eigenvalue weighted by molar-refractivity contribution is 7.17. The van der Waals surface area contributed by atoms with E-state index in [0.717, 1.165) is 10.6 Å². The number of carbonyl (C=O) groups excluding carboxylic acids is 2. The van der Waals surface area contributed by atoms with Gasteiger partial charge < -0.3 is 15.4 Å². The Morgan fingerprint density at radius 3 is 2.50 bits per heavy atom. The first kappa shape index (κ1) is 22.2. The number of halogens is 2. The molecular weight excluding hydrogens is 445 g/mol. The fourth-order valence-electron chi connectivity index (χ4n) is 2.65. The lowest BCUT2D eigenvalue weighted by Crippen LogP contribution is -2.27. The van der Waals surface area contributed by atoms with Crippen LogP contribution in [0.2, 0.25) is 10.0 Å². The highest BCUT2D eigenvalue weighted by Gasteiger charge is 2.17. The summed E-state index contributed by atoms with van der Waals surface area (Å²) in [5.41, 5.74) is 2.32. The summed E-state index contributed by atoms with van der Waals surface area (Å²) in [4.78, 5) is 29.9. The smallest absolute Gasteiger partial charge is 0.267 e. The number of aryl methyl sites for hydroxylation is 1. The predicted molar refractivity (Wildman–Crippen MR) is 121 cm³/mol. The summed E-state index contributed by atoms with van der Waals surface area (Å²) < 4.78 is 4.90. The molecule has 0 aliphatic heterocycles. The fourth-order valence-corrected chi connectivity index (χ4v) is 4.01. The van der Waals surface area contributed by atoms with E-state index in [1.165, 1.54) is 11.3 Å². The molecule has 156 valence electrons. The van der Waals surface area contributed by atoms with Crippen molar-refractivity contribution in [1.29, 1.82) is 0 Å². The molecule has 0 saturated heterocycles. The monoisotopic (exact) mass is 463 g/mol.